The van der Waals surface area contributed by atoms with E-state index in [-0.39, 0.29) is 0 Å². The lowest BCUT2D eigenvalue weighted by Gasteiger charge is -2.64. The van der Waals surface area contributed by atoms with Gasteiger partial charge in [-0.05, 0) is 36.5 Å². The molecule has 3 rings (SSSR count). The van der Waals surface area contributed by atoms with Gasteiger partial charge in [0.25, 0.3) is 0 Å². The fraction of sp³-hybridized carbons (Fsp3) is 0.833. The first-order chi connectivity index (χ1) is 7.48. The molecule has 0 nitrogen and oxygen atoms in total. The van der Waals surface area contributed by atoms with Gasteiger partial charge in [-0.15, -0.1) is 0 Å². The molecule has 3 aliphatic carbocycles. The molecule has 0 radical (unpaired) electrons. The van der Waals surface area contributed by atoms with Gasteiger partial charge in [0.2, 0.25) is 0 Å². The second kappa shape index (κ2) is 4.08. The van der Waals surface area contributed by atoms with Crippen molar-refractivity contribution in [3.05, 3.63) is 12.2 Å². The first-order valence-electron chi connectivity index (χ1n) is 5.75. The highest BCUT2D eigenvalue weighted by Crippen LogP contribution is 2.68. The van der Waals surface area contributed by atoms with Crippen molar-refractivity contribution in [1.29, 1.82) is 0 Å². The zero-order chi connectivity index (χ0) is 11.6. The summed E-state index contributed by atoms with van der Waals surface area (Å²) < 4.78 is 0. The summed E-state index contributed by atoms with van der Waals surface area (Å²) in [6.45, 7) is 0. The summed E-state index contributed by atoms with van der Waals surface area (Å²) in [6, 6.07) is 0. The normalized spacial score (nSPS) is 59.8. The van der Waals surface area contributed by atoms with E-state index in [0.29, 0.717) is 30.1 Å². The van der Waals surface area contributed by atoms with Gasteiger partial charge in [0.15, 0.2) is 0 Å². The molecule has 0 amide bonds. The van der Waals surface area contributed by atoms with Crippen LogP contribution in [0.4, 0.5) is 0 Å². The monoisotopic (exact) mass is 474 g/mol. The van der Waals surface area contributed by atoms with Gasteiger partial charge < -0.3 is 0 Å². The third-order valence-corrected chi connectivity index (χ3v) is 10.0. The van der Waals surface area contributed by atoms with Crippen LogP contribution in [0.1, 0.15) is 25.7 Å². The molecule has 0 spiro atoms. The average Bonchev–Trinajstić information content (AvgIpc) is 2.21. The molecule has 2 saturated carbocycles. The molecule has 0 aromatic rings. The van der Waals surface area contributed by atoms with E-state index < -0.39 is 0 Å². The van der Waals surface area contributed by atoms with E-state index in [2.05, 4.69) is 75.9 Å². The van der Waals surface area contributed by atoms with E-state index in [4.69, 9.17) is 0 Å². The Hall–Kier alpha value is 1.66. The molecule has 0 aromatic carbocycles. The summed E-state index contributed by atoms with van der Waals surface area (Å²) >= 11 is 15.3. The molecule has 3 aliphatic rings. The van der Waals surface area contributed by atoms with E-state index in [9.17, 15) is 0 Å². The molecule has 0 aromatic heterocycles. The number of halogens is 4. The molecule has 4 heteroatoms. The zero-order valence-electron chi connectivity index (χ0n) is 8.80. The van der Waals surface area contributed by atoms with Gasteiger partial charge in [0, 0.05) is 19.3 Å². The van der Waals surface area contributed by atoms with Crippen molar-refractivity contribution >= 4 is 63.7 Å². The Labute approximate surface area is 131 Å². The highest BCUT2D eigenvalue weighted by Gasteiger charge is 2.62. The molecule has 0 aliphatic heterocycles. The third-order valence-electron chi connectivity index (χ3n) is 4.73. The molecule has 0 bridgehead atoms. The lowest BCUT2D eigenvalue weighted by Crippen LogP contribution is -2.59. The Balaban J connectivity index is 1.94. The number of allylic oxidation sites excluding steroid dienone is 2. The van der Waals surface area contributed by atoms with Crippen LogP contribution in [0.2, 0.25) is 0 Å². The minimum absolute atomic E-state index is 0.462. The molecule has 0 saturated heterocycles. The lowest BCUT2D eigenvalue weighted by atomic mass is 9.44. The molecule has 0 heterocycles. The molecule has 2 unspecified atom stereocenters. The van der Waals surface area contributed by atoms with Gasteiger partial charge in [-0.3, -0.25) is 0 Å². The minimum Gasteiger partial charge on any atom is -0.0878 e. The molecule has 90 valence electrons. The van der Waals surface area contributed by atoms with Gasteiger partial charge in [-0.25, -0.2) is 0 Å². The van der Waals surface area contributed by atoms with Crippen LogP contribution in [0, 0.1) is 10.8 Å². The first kappa shape index (κ1) is 12.7. The number of alkyl halides is 4. The van der Waals surface area contributed by atoms with E-state index in [1.54, 1.807) is 0 Å². The van der Waals surface area contributed by atoms with Crippen LogP contribution in [0.25, 0.3) is 0 Å². The third kappa shape index (κ3) is 1.61. The summed E-state index contributed by atoms with van der Waals surface area (Å²) in [4.78, 5) is 2.49. The van der Waals surface area contributed by atoms with Crippen molar-refractivity contribution in [1.82, 2.24) is 0 Å². The summed E-state index contributed by atoms with van der Waals surface area (Å²) in [7, 11) is 0. The number of hydrogen-bond donors (Lipinski definition) is 0. The second-order valence-corrected chi connectivity index (χ2v) is 10.2. The molecule has 2 fully saturated rings. The summed E-state index contributed by atoms with van der Waals surface area (Å²) in [5, 5.41) is 0. The SMILES string of the molecule is Br[C@@H]1CC23C=CC2(C[C@H]1Br)C[C@H](Br)[C@H](Br)C3. The fourth-order valence-electron chi connectivity index (χ4n) is 3.71. The maximum atomic E-state index is 3.84. The molecular weight excluding hydrogens is 464 g/mol. The highest BCUT2D eigenvalue weighted by atomic mass is 79.9. The van der Waals surface area contributed by atoms with Gasteiger partial charge in [-0.2, -0.15) is 0 Å². The number of rotatable bonds is 0. The quantitative estimate of drug-likeness (QED) is 0.333. The second-order valence-electron chi connectivity index (χ2n) is 5.53. The van der Waals surface area contributed by atoms with Crippen molar-refractivity contribution in [2.24, 2.45) is 10.8 Å². The van der Waals surface area contributed by atoms with Crippen LogP contribution in [-0.2, 0) is 0 Å². The Kier molecular flexibility index (Phi) is 3.23. The van der Waals surface area contributed by atoms with E-state index in [1.807, 2.05) is 0 Å². The molecule has 6 atom stereocenters. The van der Waals surface area contributed by atoms with Crippen LogP contribution >= 0.6 is 63.7 Å². The minimum atomic E-state index is 0.462. The van der Waals surface area contributed by atoms with Gasteiger partial charge in [0.1, 0.15) is 0 Å². The lowest BCUT2D eigenvalue weighted by molar-refractivity contribution is 0.00983. The van der Waals surface area contributed by atoms with Gasteiger partial charge in [-0.1, -0.05) is 75.9 Å². The van der Waals surface area contributed by atoms with Crippen molar-refractivity contribution in [3.8, 4) is 0 Å². The van der Waals surface area contributed by atoms with Crippen LogP contribution in [0.5, 0.6) is 0 Å². The highest BCUT2D eigenvalue weighted by molar-refractivity contribution is 9.12. The Morgan fingerprint density at radius 1 is 0.625 bits per heavy atom. The van der Waals surface area contributed by atoms with E-state index in [1.165, 1.54) is 25.7 Å². The van der Waals surface area contributed by atoms with Gasteiger partial charge >= 0.3 is 0 Å². The summed E-state index contributed by atoms with van der Waals surface area (Å²) in [6.07, 6.45) is 10.1. The smallest absolute Gasteiger partial charge is 0.0280 e. The Bertz CT molecular complexity index is 286. The zero-order valence-corrected chi connectivity index (χ0v) is 15.1. The summed E-state index contributed by atoms with van der Waals surface area (Å²) in [5.74, 6) is 0. The van der Waals surface area contributed by atoms with Crippen LogP contribution < -0.4 is 0 Å². The van der Waals surface area contributed by atoms with Gasteiger partial charge in [0.05, 0.1) is 0 Å². The topological polar surface area (TPSA) is 0 Å². The number of hydrogen-bond acceptors (Lipinski definition) is 0. The average molecular weight is 478 g/mol. The van der Waals surface area contributed by atoms with E-state index >= 15 is 0 Å². The first-order valence-corrected chi connectivity index (χ1v) is 9.41. The van der Waals surface area contributed by atoms with Crippen LogP contribution in [-0.4, -0.2) is 19.3 Å². The van der Waals surface area contributed by atoms with Crippen molar-refractivity contribution < 1.29 is 0 Å². The maximum Gasteiger partial charge on any atom is 0.0280 e. The molecule has 16 heavy (non-hydrogen) atoms. The molecule has 0 N–H and O–H groups in total. The predicted molar refractivity (Wildman–Crippen MR) is 83.3 cm³/mol. The van der Waals surface area contributed by atoms with Crippen molar-refractivity contribution in [3.63, 3.8) is 0 Å². The largest absolute Gasteiger partial charge is 0.0878 e. The van der Waals surface area contributed by atoms with Crippen LogP contribution in [0.15, 0.2) is 12.2 Å². The Morgan fingerprint density at radius 2 is 0.875 bits per heavy atom. The predicted octanol–water partition coefficient (Wildman–Crippen LogP) is 5.17. The van der Waals surface area contributed by atoms with Crippen molar-refractivity contribution in [2.45, 2.75) is 45.0 Å². The maximum absolute atomic E-state index is 3.84. The fourth-order valence-corrected chi connectivity index (χ4v) is 6.77. The standard InChI is InChI=1S/C12H14Br4/c13-7-3-11-1-2-12(11,5-9(7)15)6-10(16)8(14)4-11/h1-2,7-10H,3-6H2/t7-,8-,9-,10+,11?,12?/m1/s1. The van der Waals surface area contributed by atoms with E-state index in [0.717, 1.165) is 0 Å². The van der Waals surface area contributed by atoms with Crippen molar-refractivity contribution in [2.75, 3.05) is 0 Å². The Morgan fingerprint density at radius 3 is 1.06 bits per heavy atom. The van der Waals surface area contributed by atoms with Crippen LogP contribution in [0.3, 0.4) is 0 Å². The molecular formula is C12H14Br4. The summed E-state index contributed by atoms with van der Waals surface area (Å²) in [5.41, 5.74) is 0.924.